The number of carbonyl (C=O) groups is 1. The minimum absolute atomic E-state index is 0.109. The van der Waals surface area contributed by atoms with Gasteiger partial charge in [0.1, 0.15) is 17.8 Å². The summed E-state index contributed by atoms with van der Waals surface area (Å²) in [5.74, 6) is 0.304. The number of halogens is 3. The highest BCUT2D eigenvalue weighted by Crippen LogP contribution is 2.30. The molecule has 0 bridgehead atoms. The Kier molecular flexibility index (Phi) is 6.08. The Hall–Kier alpha value is -2.74. The van der Waals surface area contributed by atoms with E-state index in [1.54, 1.807) is 24.3 Å². The first-order valence-corrected chi connectivity index (χ1v) is 9.04. The van der Waals surface area contributed by atoms with Crippen LogP contribution in [-0.4, -0.2) is 15.9 Å². The van der Waals surface area contributed by atoms with Gasteiger partial charge in [-0.15, -0.1) is 0 Å². The highest BCUT2D eigenvalue weighted by Gasteiger charge is 2.14. The number of nitrogens with one attached hydrogen (secondary N) is 2. The molecule has 0 unspecified atom stereocenters. The highest BCUT2D eigenvalue weighted by atomic mass is 35.5. The molecule has 0 fully saturated rings. The van der Waals surface area contributed by atoms with Gasteiger partial charge in [-0.2, -0.15) is 4.98 Å². The summed E-state index contributed by atoms with van der Waals surface area (Å²) in [5, 5.41) is 1.26. The van der Waals surface area contributed by atoms with Gasteiger partial charge in [0.05, 0.1) is 10.6 Å². The molecule has 0 spiro atoms. The number of rotatable bonds is 5. The number of nitrogens with two attached hydrogens (primary N) is 1. The van der Waals surface area contributed by atoms with E-state index in [-0.39, 0.29) is 28.0 Å². The van der Waals surface area contributed by atoms with Gasteiger partial charge in [0.15, 0.2) is 5.82 Å². The van der Waals surface area contributed by atoms with Gasteiger partial charge in [0.2, 0.25) is 5.88 Å². The van der Waals surface area contributed by atoms with E-state index in [2.05, 4.69) is 20.8 Å². The van der Waals surface area contributed by atoms with E-state index in [1.165, 1.54) is 18.5 Å². The van der Waals surface area contributed by atoms with E-state index in [9.17, 15) is 4.79 Å². The predicted molar refractivity (Wildman–Crippen MR) is 110 cm³/mol. The van der Waals surface area contributed by atoms with Crippen LogP contribution in [0, 0.1) is 6.92 Å². The smallest absolute Gasteiger partial charge is 0.271 e. The number of hydrogen-bond acceptors (Lipinski definition) is 6. The Morgan fingerprint density at radius 2 is 1.86 bits per heavy atom. The zero-order valence-electron chi connectivity index (χ0n) is 14.5. The number of anilines is 2. The van der Waals surface area contributed by atoms with E-state index < -0.39 is 5.91 Å². The number of aryl methyl sites for hydroxylation is 1. The van der Waals surface area contributed by atoms with E-state index in [0.29, 0.717) is 15.8 Å². The van der Waals surface area contributed by atoms with Crippen LogP contribution in [0.5, 0.6) is 11.6 Å². The van der Waals surface area contributed by atoms with Crippen molar-refractivity contribution in [2.24, 2.45) is 0 Å². The monoisotopic (exact) mass is 437 g/mol. The lowest BCUT2D eigenvalue weighted by Crippen LogP contribution is -2.30. The first-order valence-electron chi connectivity index (χ1n) is 7.91. The normalized spacial score (nSPS) is 10.4. The molecule has 3 aromatic rings. The van der Waals surface area contributed by atoms with Crippen LogP contribution >= 0.6 is 34.8 Å². The van der Waals surface area contributed by atoms with Gasteiger partial charge in [-0.1, -0.05) is 34.8 Å². The second-order valence-electron chi connectivity index (χ2n) is 5.66. The minimum Gasteiger partial charge on any atom is -0.437 e. The summed E-state index contributed by atoms with van der Waals surface area (Å²) < 4.78 is 5.69. The molecule has 4 N–H and O–H groups in total. The topological polar surface area (TPSA) is 102 Å². The fourth-order valence-electron chi connectivity index (χ4n) is 2.21. The van der Waals surface area contributed by atoms with Crippen LogP contribution in [0.15, 0.2) is 42.7 Å². The van der Waals surface area contributed by atoms with E-state index in [0.717, 1.165) is 5.56 Å². The van der Waals surface area contributed by atoms with Crippen molar-refractivity contribution in [2.75, 3.05) is 11.2 Å². The Labute approximate surface area is 175 Å². The lowest BCUT2D eigenvalue weighted by atomic mass is 10.2. The Morgan fingerprint density at radius 3 is 2.57 bits per heavy atom. The largest absolute Gasteiger partial charge is 0.437 e. The SMILES string of the molecule is Cc1cc(Oc2ncnc(NNC(=O)c3ccc(Cl)cc3Cl)c2N)ccc1Cl. The van der Waals surface area contributed by atoms with Gasteiger partial charge in [-0.3, -0.25) is 15.6 Å². The maximum absolute atomic E-state index is 12.3. The van der Waals surface area contributed by atoms with Crippen LogP contribution in [0.25, 0.3) is 0 Å². The first-order chi connectivity index (χ1) is 13.3. The third-order valence-electron chi connectivity index (χ3n) is 3.66. The molecule has 7 nitrogen and oxygen atoms in total. The van der Waals surface area contributed by atoms with Gasteiger partial charge < -0.3 is 10.5 Å². The molecule has 0 aliphatic heterocycles. The van der Waals surface area contributed by atoms with Gasteiger partial charge in [0.25, 0.3) is 5.91 Å². The van der Waals surface area contributed by atoms with Crippen LogP contribution in [0.4, 0.5) is 11.5 Å². The van der Waals surface area contributed by atoms with Crippen LogP contribution in [0.3, 0.4) is 0 Å². The maximum Gasteiger partial charge on any atom is 0.271 e. The number of carbonyl (C=O) groups excluding carboxylic acids is 1. The third kappa shape index (κ3) is 4.56. The second-order valence-corrected chi connectivity index (χ2v) is 6.91. The number of amides is 1. The average Bonchev–Trinajstić information content (AvgIpc) is 2.65. The summed E-state index contributed by atoms with van der Waals surface area (Å²) in [6.07, 6.45) is 1.25. The second kappa shape index (κ2) is 8.52. The van der Waals surface area contributed by atoms with Gasteiger partial charge >= 0.3 is 0 Å². The van der Waals surface area contributed by atoms with Crippen molar-refractivity contribution in [3.8, 4) is 11.6 Å². The quantitative estimate of drug-likeness (QED) is 0.491. The van der Waals surface area contributed by atoms with Crippen molar-refractivity contribution >= 4 is 52.2 Å². The molecule has 0 atom stereocenters. The maximum atomic E-state index is 12.3. The molecule has 1 aromatic heterocycles. The average molecular weight is 439 g/mol. The number of hydrogen-bond donors (Lipinski definition) is 3. The summed E-state index contributed by atoms with van der Waals surface area (Å²) in [5.41, 5.74) is 12.3. The number of ether oxygens (including phenoxy) is 1. The molecular formula is C18H14Cl3N5O2. The van der Waals surface area contributed by atoms with Crippen LogP contribution in [-0.2, 0) is 0 Å². The summed E-state index contributed by atoms with van der Waals surface area (Å²) in [4.78, 5) is 20.3. The standard InChI is InChI=1S/C18H14Cl3N5O2/c1-9-6-11(3-5-13(9)20)28-18-15(22)16(23-8-24-18)25-26-17(27)12-4-2-10(19)7-14(12)21/h2-8H,22H2,1H3,(H,26,27)(H,23,24,25). The van der Waals surface area contributed by atoms with E-state index in [4.69, 9.17) is 45.3 Å². The summed E-state index contributed by atoms with van der Waals surface area (Å²) in [6.45, 7) is 1.85. The molecule has 28 heavy (non-hydrogen) atoms. The Morgan fingerprint density at radius 1 is 1.07 bits per heavy atom. The molecule has 1 amide bonds. The van der Waals surface area contributed by atoms with Crippen LogP contribution in [0.1, 0.15) is 15.9 Å². The molecule has 0 saturated carbocycles. The lowest BCUT2D eigenvalue weighted by molar-refractivity contribution is 0.0962. The van der Waals surface area contributed by atoms with E-state index >= 15 is 0 Å². The minimum atomic E-state index is -0.490. The van der Waals surface area contributed by atoms with Crippen LogP contribution < -0.4 is 21.3 Å². The van der Waals surface area contributed by atoms with Crippen LogP contribution in [0.2, 0.25) is 15.1 Å². The van der Waals surface area contributed by atoms with Crippen molar-refractivity contribution in [2.45, 2.75) is 6.92 Å². The van der Waals surface area contributed by atoms with E-state index in [1.807, 2.05) is 6.92 Å². The fourth-order valence-corrected chi connectivity index (χ4v) is 2.82. The molecule has 0 radical (unpaired) electrons. The molecule has 0 aliphatic rings. The predicted octanol–water partition coefficient (Wildman–Crippen LogP) is 4.88. The summed E-state index contributed by atoms with van der Waals surface area (Å²) in [6, 6.07) is 9.68. The van der Waals surface area contributed by atoms with Gasteiger partial charge in [-0.25, -0.2) is 4.98 Å². The molecule has 0 saturated heterocycles. The number of nitrogens with zero attached hydrogens (tertiary/aromatic N) is 2. The number of aromatic nitrogens is 2. The summed E-state index contributed by atoms with van der Waals surface area (Å²) in [7, 11) is 0. The number of nitrogen functional groups attached to an aromatic ring is 1. The molecule has 1 heterocycles. The zero-order chi connectivity index (χ0) is 20.3. The highest BCUT2D eigenvalue weighted by molar-refractivity contribution is 6.36. The molecule has 144 valence electrons. The third-order valence-corrected chi connectivity index (χ3v) is 4.63. The van der Waals surface area contributed by atoms with Crippen molar-refractivity contribution < 1.29 is 9.53 Å². The number of hydrazine groups is 1. The van der Waals surface area contributed by atoms with Crippen molar-refractivity contribution in [1.29, 1.82) is 0 Å². The Bertz CT molecular complexity index is 1050. The van der Waals surface area contributed by atoms with Crippen molar-refractivity contribution in [1.82, 2.24) is 15.4 Å². The molecule has 10 heteroatoms. The molecule has 2 aromatic carbocycles. The molecular weight excluding hydrogens is 425 g/mol. The van der Waals surface area contributed by atoms with Crippen molar-refractivity contribution in [3.63, 3.8) is 0 Å². The lowest BCUT2D eigenvalue weighted by Gasteiger charge is -2.13. The number of benzene rings is 2. The Balaban J connectivity index is 1.73. The molecule has 0 aliphatic carbocycles. The van der Waals surface area contributed by atoms with Gasteiger partial charge in [0, 0.05) is 10.0 Å². The van der Waals surface area contributed by atoms with Crippen molar-refractivity contribution in [3.05, 3.63) is 68.9 Å². The zero-order valence-corrected chi connectivity index (χ0v) is 16.7. The fraction of sp³-hybridized carbons (Fsp3) is 0.0556. The van der Waals surface area contributed by atoms with Gasteiger partial charge in [-0.05, 0) is 48.9 Å². The summed E-state index contributed by atoms with van der Waals surface area (Å²) >= 11 is 17.9. The molecule has 3 rings (SSSR count). The first kappa shape index (κ1) is 20.0.